The van der Waals surface area contributed by atoms with Crippen molar-refractivity contribution in [2.24, 2.45) is 0 Å². The summed E-state index contributed by atoms with van der Waals surface area (Å²) in [6, 6.07) is 0. The second kappa shape index (κ2) is 2.93. The van der Waals surface area contributed by atoms with Gasteiger partial charge in [0.05, 0.1) is 0 Å². The Morgan fingerprint density at radius 3 is 1.85 bits per heavy atom. The topological polar surface area (TPSA) is 61.8 Å². The van der Waals surface area contributed by atoms with Crippen molar-refractivity contribution < 1.29 is 23.8 Å². The Bertz CT molecular complexity index is 295. The number of esters is 2. The Hall–Kier alpha value is -1.78. The molecule has 0 atom stereocenters. The highest BCUT2D eigenvalue weighted by atomic mass is 16.6. The van der Waals surface area contributed by atoms with Crippen molar-refractivity contribution in [1.29, 1.82) is 0 Å². The first-order chi connectivity index (χ1) is 6.29. The highest BCUT2D eigenvalue weighted by Crippen LogP contribution is 2.20. The molecule has 0 aromatic heterocycles. The molecule has 0 saturated carbocycles. The van der Waals surface area contributed by atoms with Crippen LogP contribution in [0, 0.1) is 0 Å². The lowest BCUT2D eigenvalue weighted by Crippen LogP contribution is -2.06. The SMILES string of the molecule is O=C1OC(=O)C2=C1OC/C=C\CO2. The van der Waals surface area contributed by atoms with E-state index in [2.05, 4.69) is 4.74 Å². The zero-order valence-electron chi connectivity index (χ0n) is 6.61. The van der Waals surface area contributed by atoms with Crippen LogP contribution in [0.25, 0.3) is 0 Å². The number of ether oxygens (including phenoxy) is 3. The van der Waals surface area contributed by atoms with Gasteiger partial charge in [0.1, 0.15) is 13.2 Å². The van der Waals surface area contributed by atoms with Crippen LogP contribution in [0.4, 0.5) is 0 Å². The number of cyclic esters (lactones) is 2. The van der Waals surface area contributed by atoms with Gasteiger partial charge in [-0.2, -0.15) is 0 Å². The van der Waals surface area contributed by atoms with E-state index in [1.54, 1.807) is 12.2 Å². The molecule has 0 bridgehead atoms. The number of rotatable bonds is 0. The Morgan fingerprint density at radius 1 is 0.923 bits per heavy atom. The van der Waals surface area contributed by atoms with Crippen LogP contribution in [0.2, 0.25) is 0 Å². The lowest BCUT2D eigenvalue weighted by Gasteiger charge is -2.06. The molecule has 2 aliphatic heterocycles. The number of hydrogen-bond acceptors (Lipinski definition) is 5. The summed E-state index contributed by atoms with van der Waals surface area (Å²) < 4.78 is 14.2. The smallest absolute Gasteiger partial charge is 0.385 e. The summed E-state index contributed by atoms with van der Waals surface area (Å²) in [5, 5.41) is 0. The van der Waals surface area contributed by atoms with E-state index in [9.17, 15) is 9.59 Å². The Balaban J connectivity index is 2.30. The van der Waals surface area contributed by atoms with Crippen LogP contribution in [-0.4, -0.2) is 25.2 Å². The molecule has 0 unspecified atom stereocenters. The van der Waals surface area contributed by atoms with E-state index < -0.39 is 11.9 Å². The van der Waals surface area contributed by atoms with Gasteiger partial charge >= 0.3 is 11.9 Å². The van der Waals surface area contributed by atoms with E-state index in [-0.39, 0.29) is 24.7 Å². The van der Waals surface area contributed by atoms with Gasteiger partial charge < -0.3 is 14.2 Å². The zero-order valence-corrected chi connectivity index (χ0v) is 6.61. The third kappa shape index (κ3) is 1.28. The predicted molar refractivity (Wildman–Crippen MR) is 39.2 cm³/mol. The van der Waals surface area contributed by atoms with E-state index in [0.29, 0.717) is 0 Å². The summed E-state index contributed by atoms with van der Waals surface area (Å²) in [4.78, 5) is 21.9. The average molecular weight is 182 g/mol. The number of hydrogen-bond donors (Lipinski definition) is 0. The van der Waals surface area contributed by atoms with Gasteiger partial charge in [-0.3, -0.25) is 0 Å². The molecule has 2 aliphatic rings. The molecule has 5 heteroatoms. The van der Waals surface area contributed by atoms with Gasteiger partial charge in [-0.15, -0.1) is 0 Å². The lowest BCUT2D eigenvalue weighted by molar-refractivity contribution is -0.153. The average Bonchev–Trinajstić information content (AvgIpc) is 2.25. The van der Waals surface area contributed by atoms with Gasteiger partial charge in [0.15, 0.2) is 0 Å². The quantitative estimate of drug-likeness (QED) is 0.297. The molecule has 0 aromatic rings. The monoisotopic (exact) mass is 182 g/mol. The second-order valence-electron chi connectivity index (χ2n) is 2.43. The normalized spacial score (nSPS) is 23.7. The molecular weight excluding hydrogens is 176 g/mol. The van der Waals surface area contributed by atoms with Crippen LogP contribution >= 0.6 is 0 Å². The summed E-state index contributed by atoms with van der Waals surface area (Å²) in [5.41, 5.74) is 0. The minimum Gasteiger partial charge on any atom is -0.480 e. The van der Waals surface area contributed by atoms with Gasteiger partial charge in [0.2, 0.25) is 0 Å². The van der Waals surface area contributed by atoms with E-state index in [4.69, 9.17) is 9.47 Å². The third-order valence-corrected chi connectivity index (χ3v) is 1.58. The van der Waals surface area contributed by atoms with Gasteiger partial charge in [-0.25, -0.2) is 9.59 Å². The molecule has 13 heavy (non-hydrogen) atoms. The number of carbonyl (C=O) groups excluding carboxylic acids is 2. The van der Waals surface area contributed by atoms with E-state index in [1.165, 1.54) is 0 Å². The van der Waals surface area contributed by atoms with Crippen LogP contribution in [0.1, 0.15) is 0 Å². The first-order valence-corrected chi connectivity index (χ1v) is 3.70. The maximum Gasteiger partial charge on any atom is 0.385 e. The van der Waals surface area contributed by atoms with E-state index >= 15 is 0 Å². The maximum absolute atomic E-state index is 11.0. The minimum atomic E-state index is -0.782. The largest absolute Gasteiger partial charge is 0.480 e. The summed E-state index contributed by atoms with van der Waals surface area (Å²) in [6.45, 7) is 0.481. The van der Waals surface area contributed by atoms with Crippen molar-refractivity contribution in [3.8, 4) is 0 Å². The van der Waals surface area contributed by atoms with Crippen molar-refractivity contribution >= 4 is 11.9 Å². The van der Waals surface area contributed by atoms with E-state index in [0.717, 1.165) is 0 Å². The molecule has 68 valence electrons. The van der Waals surface area contributed by atoms with Crippen molar-refractivity contribution in [1.82, 2.24) is 0 Å². The molecule has 2 rings (SSSR count). The van der Waals surface area contributed by atoms with Gasteiger partial charge in [0.25, 0.3) is 11.5 Å². The van der Waals surface area contributed by atoms with Crippen LogP contribution in [0.5, 0.6) is 0 Å². The van der Waals surface area contributed by atoms with Crippen molar-refractivity contribution in [2.45, 2.75) is 0 Å². The molecule has 0 saturated heterocycles. The summed E-state index contributed by atoms with van der Waals surface area (Å²) in [6.07, 6.45) is 3.39. The molecule has 5 nitrogen and oxygen atoms in total. The Morgan fingerprint density at radius 2 is 1.38 bits per heavy atom. The molecule has 0 radical (unpaired) electrons. The van der Waals surface area contributed by atoms with Crippen molar-refractivity contribution in [3.63, 3.8) is 0 Å². The van der Waals surface area contributed by atoms with Crippen molar-refractivity contribution in [2.75, 3.05) is 13.2 Å². The minimum absolute atomic E-state index is 0.130. The van der Waals surface area contributed by atoms with Gasteiger partial charge in [-0.1, -0.05) is 0 Å². The molecule has 0 fully saturated rings. The molecular formula is C8H6O5. The Kier molecular flexibility index (Phi) is 1.77. The van der Waals surface area contributed by atoms with Gasteiger partial charge in [-0.05, 0) is 12.2 Å². The third-order valence-electron chi connectivity index (χ3n) is 1.58. The van der Waals surface area contributed by atoms with E-state index in [1.807, 2.05) is 0 Å². The predicted octanol–water partition coefficient (Wildman–Crippen LogP) is -0.116. The zero-order chi connectivity index (χ0) is 9.26. The summed E-state index contributed by atoms with van der Waals surface area (Å²) in [5.74, 6) is -1.82. The molecule has 0 aliphatic carbocycles. The lowest BCUT2D eigenvalue weighted by atomic mass is 10.4. The summed E-state index contributed by atoms with van der Waals surface area (Å²) in [7, 11) is 0. The van der Waals surface area contributed by atoms with Crippen LogP contribution < -0.4 is 0 Å². The number of carbonyl (C=O) groups is 2. The second-order valence-corrected chi connectivity index (χ2v) is 2.43. The molecule has 0 aromatic carbocycles. The standard InChI is InChI=1S/C8H6O5/c9-7-5-6(8(10)13-7)12-4-2-1-3-11-5/h1-2H,3-4H2/b2-1-. The molecule has 2 heterocycles. The van der Waals surface area contributed by atoms with Crippen LogP contribution in [-0.2, 0) is 23.8 Å². The summed E-state index contributed by atoms with van der Waals surface area (Å²) >= 11 is 0. The maximum atomic E-state index is 11.0. The molecule has 0 amide bonds. The fourth-order valence-corrected chi connectivity index (χ4v) is 1.01. The van der Waals surface area contributed by atoms with Crippen LogP contribution in [0.15, 0.2) is 23.7 Å². The van der Waals surface area contributed by atoms with Gasteiger partial charge in [0, 0.05) is 0 Å². The first kappa shape index (κ1) is 7.85. The molecule has 0 spiro atoms. The fourth-order valence-electron chi connectivity index (χ4n) is 1.01. The first-order valence-electron chi connectivity index (χ1n) is 3.70. The highest BCUT2D eigenvalue weighted by molar-refractivity contribution is 6.10. The van der Waals surface area contributed by atoms with Crippen molar-refractivity contribution in [3.05, 3.63) is 23.7 Å². The van der Waals surface area contributed by atoms with Crippen LogP contribution in [0.3, 0.4) is 0 Å². The fraction of sp³-hybridized carbons (Fsp3) is 0.250. The molecule has 0 N–H and O–H groups in total. The Labute approximate surface area is 73.6 Å². The highest BCUT2D eigenvalue weighted by Gasteiger charge is 2.37.